The van der Waals surface area contributed by atoms with E-state index in [1.165, 1.54) is 0 Å². The second-order valence-corrected chi connectivity index (χ2v) is 4.93. The molecule has 1 fully saturated rings. The van der Waals surface area contributed by atoms with Crippen molar-refractivity contribution in [1.29, 1.82) is 0 Å². The van der Waals surface area contributed by atoms with E-state index in [2.05, 4.69) is 31.0 Å². The quantitative estimate of drug-likeness (QED) is 0.625. The van der Waals surface area contributed by atoms with Crippen LogP contribution < -0.4 is 5.32 Å². The van der Waals surface area contributed by atoms with Crippen molar-refractivity contribution in [3.05, 3.63) is 0 Å². The Balaban J connectivity index is 2.84. The molecule has 0 aliphatic carbocycles. The molecular formula is C10H20N2O2. The first-order chi connectivity index (χ1) is 6.36. The third kappa shape index (κ3) is 2.25. The van der Waals surface area contributed by atoms with E-state index >= 15 is 0 Å². The van der Waals surface area contributed by atoms with Gasteiger partial charge in [0.15, 0.2) is 0 Å². The first-order valence-corrected chi connectivity index (χ1v) is 5.04. The topological polar surface area (TPSA) is 52.6 Å². The molecule has 0 spiro atoms. The molecule has 1 aliphatic rings. The number of aliphatic hydroxyl groups excluding tert-OH is 1. The minimum Gasteiger partial charge on any atom is -0.394 e. The number of carbonyl (C=O) groups is 1. The molecule has 82 valence electrons. The predicted molar refractivity (Wildman–Crippen MR) is 54.9 cm³/mol. The van der Waals surface area contributed by atoms with Crippen molar-refractivity contribution in [2.45, 2.75) is 45.3 Å². The molecule has 1 saturated heterocycles. The summed E-state index contributed by atoms with van der Waals surface area (Å²) in [6, 6.07) is -0.240. The number of nitrogens with zero attached hydrogens (tertiary/aromatic N) is 1. The van der Waals surface area contributed by atoms with Crippen molar-refractivity contribution in [3.8, 4) is 0 Å². The molecule has 2 atom stereocenters. The first kappa shape index (κ1) is 11.5. The van der Waals surface area contributed by atoms with E-state index in [0.29, 0.717) is 0 Å². The monoisotopic (exact) mass is 200 g/mol. The van der Waals surface area contributed by atoms with Gasteiger partial charge >= 0.3 is 0 Å². The van der Waals surface area contributed by atoms with Gasteiger partial charge in [0.25, 0.3) is 0 Å². The van der Waals surface area contributed by atoms with Gasteiger partial charge in [-0.3, -0.25) is 9.69 Å². The van der Waals surface area contributed by atoms with Crippen LogP contribution in [-0.2, 0) is 4.79 Å². The minimum atomic E-state index is -0.397. The molecule has 1 rings (SSSR count). The van der Waals surface area contributed by atoms with Gasteiger partial charge in [-0.25, -0.2) is 0 Å². The Hall–Kier alpha value is -0.610. The molecule has 0 saturated carbocycles. The summed E-state index contributed by atoms with van der Waals surface area (Å²) in [6.45, 7) is 8.82. The molecule has 4 nitrogen and oxygen atoms in total. The summed E-state index contributed by atoms with van der Waals surface area (Å²) >= 11 is 0. The zero-order chi connectivity index (χ0) is 10.9. The van der Waals surface area contributed by atoms with Gasteiger partial charge in [0, 0.05) is 18.1 Å². The Morgan fingerprint density at radius 1 is 1.57 bits per heavy atom. The maximum atomic E-state index is 11.6. The highest BCUT2D eigenvalue weighted by molar-refractivity contribution is 5.83. The Kier molecular flexibility index (Phi) is 3.17. The van der Waals surface area contributed by atoms with E-state index in [-0.39, 0.29) is 24.1 Å². The summed E-state index contributed by atoms with van der Waals surface area (Å²) in [5, 5.41) is 12.0. The summed E-state index contributed by atoms with van der Waals surface area (Å²) in [5.41, 5.74) is -0.0839. The fourth-order valence-corrected chi connectivity index (χ4v) is 1.87. The van der Waals surface area contributed by atoms with Crippen LogP contribution >= 0.6 is 0 Å². The molecule has 0 aromatic carbocycles. The number of piperazine rings is 1. The Bertz CT molecular complexity index is 223. The van der Waals surface area contributed by atoms with Gasteiger partial charge in [0.05, 0.1) is 6.61 Å². The molecule has 1 aliphatic heterocycles. The fourth-order valence-electron chi connectivity index (χ4n) is 1.87. The average molecular weight is 200 g/mol. The van der Waals surface area contributed by atoms with Gasteiger partial charge in [-0.05, 0) is 27.7 Å². The smallest absolute Gasteiger partial charge is 0.240 e. The van der Waals surface area contributed by atoms with Crippen molar-refractivity contribution in [2.24, 2.45) is 0 Å². The van der Waals surface area contributed by atoms with E-state index in [9.17, 15) is 9.90 Å². The number of aliphatic hydroxyl groups is 1. The normalized spacial score (nSPS) is 30.2. The number of hydrogen-bond acceptors (Lipinski definition) is 3. The summed E-state index contributed by atoms with van der Waals surface area (Å²) in [6.07, 6.45) is 0. The highest BCUT2D eigenvalue weighted by atomic mass is 16.3. The molecule has 1 amide bonds. The summed E-state index contributed by atoms with van der Waals surface area (Å²) in [7, 11) is 0. The molecule has 2 unspecified atom stereocenters. The van der Waals surface area contributed by atoms with Gasteiger partial charge in [-0.1, -0.05) is 0 Å². The van der Waals surface area contributed by atoms with Crippen molar-refractivity contribution in [3.63, 3.8) is 0 Å². The lowest BCUT2D eigenvalue weighted by Crippen LogP contribution is -2.65. The van der Waals surface area contributed by atoms with Crippen molar-refractivity contribution in [2.75, 3.05) is 13.2 Å². The first-order valence-electron chi connectivity index (χ1n) is 5.04. The Morgan fingerprint density at radius 3 is 2.57 bits per heavy atom. The van der Waals surface area contributed by atoms with Crippen LogP contribution in [0.5, 0.6) is 0 Å². The van der Waals surface area contributed by atoms with Crippen LogP contribution in [0.3, 0.4) is 0 Å². The van der Waals surface area contributed by atoms with E-state index in [1.807, 2.05) is 6.92 Å². The van der Waals surface area contributed by atoms with Gasteiger partial charge in [0.2, 0.25) is 5.91 Å². The van der Waals surface area contributed by atoms with Crippen molar-refractivity contribution < 1.29 is 9.90 Å². The molecule has 2 N–H and O–H groups in total. The summed E-state index contributed by atoms with van der Waals surface area (Å²) in [4.78, 5) is 13.6. The Labute approximate surface area is 85.3 Å². The maximum absolute atomic E-state index is 11.6. The maximum Gasteiger partial charge on any atom is 0.240 e. The highest BCUT2D eigenvalue weighted by Crippen LogP contribution is 2.20. The zero-order valence-electron chi connectivity index (χ0n) is 9.37. The van der Waals surface area contributed by atoms with Crippen LogP contribution in [0, 0.1) is 0 Å². The van der Waals surface area contributed by atoms with E-state index < -0.39 is 6.04 Å². The minimum absolute atomic E-state index is 0.0684. The van der Waals surface area contributed by atoms with Gasteiger partial charge in [-0.15, -0.1) is 0 Å². The number of carbonyl (C=O) groups excluding carboxylic acids is 1. The van der Waals surface area contributed by atoms with E-state index in [4.69, 9.17) is 0 Å². The van der Waals surface area contributed by atoms with Crippen LogP contribution in [0.15, 0.2) is 0 Å². The van der Waals surface area contributed by atoms with Crippen LogP contribution in [0.25, 0.3) is 0 Å². The molecule has 0 bridgehead atoms. The number of amides is 1. The third-order valence-corrected chi connectivity index (χ3v) is 2.57. The largest absolute Gasteiger partial charge is 0.394 e. The SMILES string of the molecule is CC1CN(C(C)(C)C)C(CO)C(=O)N1. The molecule has 0 radical (unpaired) electrons. The summed E-state index contributed by atoms with van der Waals surface area (Å²) in [5.74, 6) is -0.0684. The van der Waals surface area contributed by atoms with Crippen molar-refractivity contribution in [1.82, 2.24) is 10.2 Å². The van der Waals surface area contributed by atoms with E-state index in [1.54, 1.807) is 0 Å². The lowest BCUT2D eigenvalue weighted by molar-refractivity contribution is -0.135. The van der Waals surface area contributed by atoms with Crippen LogP contribution in [0.1, 0.15) is 27.7 Å². The van der Waals surface area contributed by atoms with Crippen LogP contribution in [0.2, 0.25) is 0 Å². The Morgan fingerprint density at radius 2 is 2.14 bits per heavy atom. The zero-order valence-corrected chi connectivity index (χ0v) is 9.37. The van der Waals surface area contributed by atoms with Crippen molar-refractivity contribution >= 4 is 5.91 Å². The predicted octanol–water partition coefficient (Wildman–Crippen LogP) is -0.0339. The summed E-state index contributed by atoms with van der Waals surface area (Å²) < 4.78 is 0. The molecular weight excluding hydrogens is 180 g/mol. The number of rotatable bonds is 1. The second kappa shape index (κ2) is 3.87. The van der Waals surface area contributed by atoms with Crippen LogP contribution in [-0.4, -0.2) is 46.7 Å². The highest BCUT2D eigenvalue weighted by Gasteiger charge is 2.37. The van der Waals surface area contributed by atoms with E-state index in [0.717, 1.165) is 6.54 Å². The van der Waals surface area contributed by atoms with Crippen LogP contribution in [0.4, 0.5) is 0 Å². The second-order valence-electron chi connectivity index (χ2n) is 4.93. The molecule has 1 heterocycles. The standard InChI is InChI=1S/C10H20N2O2/c1-7-5-12(10(2,3)4)8(6-13)9(14)11-7/h7-8,13H,5-6H2,1-4H3,(H,11,14). The lowest BCUT2D eigenvalue weighted by Gasteiger charge is -2.45. The number of hydrogen-bond donors (Lipinski definition) is 2. The van der Waals surface area contributed by atoms with Gasteiger partial charge < -0.3 is 10.4 Å². The number of nitrogens with one attached hydrogen (secondary N) is 1. The fraction of sp³-hybridized carbons (Fsp3) is 0.900. The molecule has 0 aromatic rings. The lowest BCUT2D eigenvalue weighted by atomic mass is 9.99. The van der Waals surface area contributed by atoms with Gasteiger partial charge in [0.1, 0.15) is 6.04 Å². The molecule has 4 heteroatoms. The average Bonchev–Trinajstić information content (AvgIpc) is 2.01. The molecule has 14 heavy (non-hydrogen) atoms. The third-order valence-electron chi connectivity index (χ3n) is 2.57. The molecule has 0 aromatic heterocycles. The van der Waals surface area contributed by atoms with Gasteiger partial charge in [-0.2, -0.15) is 0 Å².